The van der Waals surface area contributed by atoms with Gasteiger partial charge in [0.05, 0.1) is 22.5 Å². The number of hydrogen-bond donors (Lipinski definition) is 0. The number of amides is 1. The van der Waals surface area contributed by atoms with Gasteiger partial charge in [-0.25, -0.2) is 14.6 Å². The summed E-state index contributed by atoms with van der Waals surface area (Å²) in [5, 5.41) is 5.84. The number of thioether (sulfide) groups is 1. The monoisotopic (exact) mass is 415 g/mol. The zero-order valence-electron chi connectivity index (χ0n) is 16.8. The van der Waals surface area contributed by atoms with Gasteiger partial charge in [-0.15, -0.1) is 0 Å². The second-order valence-electron chi connectivity index (χ2n) is 7.46. The van der Waals surface area contributed by atoms with E-state index in [-0.39, 0.29) is 17.2 Å². The molecule has 2 aromatic carbocycles. The molecule has 150 valence electrons. The second kappa shape index (κ2) is 7.57. The summed E-state index contributed by atoms with van der Waals surface area (Å²) in [5.74, 6) is 0.0969. The van der Waals surface area contributed by atoms with Crippen LogP contribution in [-0.4, -0.2) is 36.9 Å². The minimum absolute atomic E-state index is 0.0969. The third-order valence-corrected chi connectivity index (χ3v) is 6.51. The van der Waals surface area contributed by atoms with E-state index in [0.717, 1.165) is 33.9 Å². The minimum Gasteiger partial charge on any atom is -0.308 e. The molecule has 0 saturated carbocycles. The van der Waals surface area contributed by atoms with E-state index in [1.165, 1.54) is 23.7 Å². The maximum atomic E-state index is 13.3. The van der Waals surface area contributed by atoms with Gasteiger partial charge in [0.25, 0.3) is 0 Å². The Morgan fingerprint density at radius 2 is 1.87 bits per heavy atom. The fourth-order valence-corrected chi connectivity index (χ4v) is 4.92. The molecule has 4 aromatic rings. The van der Waals surface area contributed by atoms with Crippen molar-refractivity contribution >= 4 is 34.4 Å². The highest BCUT2D eigenvalue weighted by Gasteiger charge is 2.33. The molecular weight excluding hydrogens is 394 g/mol. The Hall–Kier alpha value is -3.19. The van der Waals surface area contributed by atoms with Crippen molar-refractivity contribution in [3.63, 3.8) is 0 Å². The van der Waals surface area contributed by atoms with Crippen molar-refractivity contribution in [2.45, 2.75) is 36.6 Å². The van der Waals surface area contributed by atoms with Gasteiger partial charge in [-0.05, 0) is 44.0 Å². The Morgan fingerprint density at radius 3 is 2.70 bits per heavy atom. The summed E-state index contributed by atoms with van der Waals surface area (Å²) in [6, 6.07) is 18.2. The van der Waals surface area contributed by atoms with Crippen molar-refractivity contribution in [1.29, 1.82) is 0 Å². The Morgan fingerprint density at radius 1 is 1.10 bits per heavy atom. The van der Waals surface area contributed by atoms with E-state index in [1.807, 2.05) is 60.4 Å². The summed E-state index contributed by atoms with van der Waals surface area (Å²) < 4.78 is 1.80. The van der Waals surface area contributed by atoms with Crippen LogP contribution in [-0.2, 0) is 11.2 Å². The summed E-state index contributed by atoms with van der Waals surface area (Å²) in [6.07, 6.45) is 4.20. The Kier molecular flexibility index (Phi) is 4.75. The molecule has 0 saturated heterocycles. The van der Waals surface area contributed by atoms with Gasteiger partial charge in [0.2, 0.25) is 5.91 Å². The third-order valence-electron chi connectivity index (χ3n) is 5.41. The molecule has 30 heavy (non-hydrogen) atoms. The fourth-order valence-electron chi connectivity index (χ4n) is 3.99. The minimum atomic E-state index is -0.281. The number of carbonyl (C=O) groups excluding carboxylic acids is 1. The van der Waals surface area contributed by atoms with Gasteiger partial charge < -0.3 is 4.90 Å². The van der Waals surface area contributed by atoms with Gasteiger partial charge in [0.15, 0.2) is 5.65 Å². The Labute approximate surface area is 179 Å². The van der Waals surface area contributed by atoms with Crippen LogP contribution in [0, 0.1) is 0 Å². The summed E-state index contributed by atoms with van der Waals surface area (Å²) in [6.45, 7) is 4.04. The SMILES string of the molecule is C[C@H](Sc1ncnc2c1cnn2-c1ccccc1)C(=O)N1c2ccccc2C[C@H]1C. The van der Waals surface area contributed by atoms with Crippen LogP contribution in [0.5, 0.6) is 0 Å². The van der Waals surface area contributed by atoms with Gasteiger partial charge in [0, 0.05) is 11.7 Å². The van der Waals surface area contributed by atoms with Crippen LogP contribution in [0.25, 0.3) is 16.7 Å². The van der Waals surface area contributed by atoms with Crippen LogP contribution >= 0.6 is 11.8 Å². The molecule has 5 rings (SSSR count). The molecule has 6 nitrogen and oxygen atoms in total. The van der Waals surface area contributed by atoms with Crippen molar-refractivity contribution in [2.75, 3.05) is 4.90 Å². The highest BCUT2D eigenvalue weighted by molar-refractivity contribution is 8.00. The van der Waals surface area contributed by atoms with Crippen molar-refractivity contribution in [3.05, 3.63) is 72.7 Å². The maximum absolute atomic E-state index is 13.3. The number of rotatable bonds is 4. The van der Waals surface area contributed by atoms with E-state index in [4.69, 9.17) is 0 Å². The van der Waals surface area contributed by atoms with Crippen molar-refractivity contribution < 1.29 is 4.79 Å². The predicted molar refractivity (Wildman–Crippen MR) is 119 cm³/mol. The first-order chi connectivity index (χ1) is 14.6. The standard InChI is InChI=1S/C23H21N5OS/c1-15-12-17-8-6-7-11-20(17)27(15)23(29)16(2)30-22-19-13-26-28(21(19)24-14-25-22)18-9-4-3-5-10-18/h3-11,13-16H,12H2,1-2H3/t15-,16+/m1/s1. The van der Waals surface area contributed by atoms with E-state index in [0.29, 0.717) is 0 Å². The van der Waals surface area contributed by atoms with Crippen LogP contribution in [0.3, 0.4) is 0 Å². The molecule has 1 aliphatic heterocycles. The molecule has 0 aliphatic carbocycles. The number of nitrogens with zero attached hydrogens (tertiary/aromatic N) is 5. The molecule has 0 bridgehead atoms. The Balaban J connectivity index is 1.43. The van der Waals surface area contributed by atoms with Gasteiger partial charge in [0.1, 0.15) is 11.4 Å². The predicted octanol–water partition coefficient (Wildman–Crippen LogP) is 4.27. The Bertz CT molecular complexity index is 1220. The van der Waals surface area contributed by atoms with Gasteiger partial charge in [-0.1, -0.05) is 48.2 Å². The summed E-state index contributed by atoms with van der Waals surface area (Å²) in [7, 11) is 0. The molecular formula is C23H21N5OS. The number of para-hydroxylation sites is 2. The third kappa shape index (κ3) is 3.15. The first kappa shape index (κ1) is 18.8. The van der Waals surface area contributed by atoms with Crippen LogP contribution < -0.4 is 4.90 Å². The summed E-state index contributed by atoms with van der Waals surface area (Å²) >= 11 is 1.46. The molecule has 7 heteroatoms. The molecule has 0 spiro atoms. The van der Waals surface area contributed by atoms with Crippen molar-refractivity contribution in [1.82, 2.24) is 19.7 Å². The maximum Gasteiger partial charge on any atom is 0.240 e. The molecule has 1 amide bonds. The zero-order chi connectivity index (χ0) is 20.7. The van der Waals surface area contributed by atoms with Gasteiger partial charge in [-0.2, -0.15) is 5.10 Å². The number of benzene rings is 2. The smallest absolute Gasteiger partial charge is 0.240 e. The lowest BCUT2D eigenvalue weighted by Crippen LogP contribution is -2.40. The van der Waals surface area contributed by atoms with E-state index in [9.17, 15) is 4.79 Å². The quantitative estimate of drug-likeness (QED) is 0.368. The van der Waals surface area contributed by atoms with E-state index >= 15 is 0 Å². The van der Waals surface area contributed by atoms with Gasteiger partial charge >= 0.3 is 0 Å². The topological polar surface area (TPSA) is 63.9 Å². The molecule has 0 unspecified atom stereocenters. The lowest BCUT2D eigenvalue weighted by atomic mass is 10.1. The zero-order valence-corrected chi connectivity index (χ0v) is 17.6. The van der Waals surface area contributed by atoms with Crippen LogP contribution in [0.1, 0.15) is 19.4 Å². The van der Waals surface area contributed by atoms with E-state index in [1.54, 1.807) is 10.9 Å². The first-order valence-corrected chi connectivity index (χ1v) is 10.8. The average molecular weight is 416 g/mol. The lowest BCUT2D eigenvalue weighted by molar-refractivity contribution is -0.118. The van der Waals surface area contributed by atoms with Crippen LogP contribution in [0.2, 0.25) is 0 Å². The highest BCUT2D eigenvalue weighted by atomic mass is 32.2. The van der Waals surface area contributed by atoms with Crippen LogP contribution in [0.4, 0.5) is 5.69 Å². The van der Waals surface area contributed by atoms with E-state index < -0.39 is 0 Å². The largest absolute Gasteiger partial charge is 0.308 e. The van der Waals surface area contributed by atoms with Crippen molar-refractivity contribution in [2.24, 2.45) is 0 Å². The molecule has 2 aromatic heterocycles. The van der Waals surface area contributed by atoms with Crippen LogP contribution in [0.15, 0.2) is 72.1 Å². The fraction of sp³-hybridized carbons (Fsp3) is 0.217. The number of aromatic nitrogens is 4. The number of hydrogen-bond acceptors (Lipinski definition) is 5. The molecule has 0 N–H and O–H groups in total. The summed E-state index contributed by atoms with van der Waals surface area (Å²) in [4.78, 5) is 24.1. The molecule has 0 radical (unpaired) electrons. The average Bonchev–Trinajstić information content (AvgIpc) is 3.35. The first-order valence-electron chi connectivity index (χ1n) is 9.95. The number of carbonyl (C=O) groups is 1. The normalized spacial score (nSPS) is 16.6. The number of fused-ring (bicyclic) bond motifs is 2. The molecule has 3 heterocycles. The van der Waals surface area contributed by atoms with E-state index in [2.05, 4.69) is 28.1 Å². The highest BCUT2D eigenvalue weighted by Crippen LogP contribution is 2.35. The van der Waals surface area contributed by atoms with Crippen molar-refractivity contribution in [3.8, 4) is 5.69 Å². The number of anilines is 1. The second-order valence-corrected chi connectivity index (χ2v) is 8.79. The summed E-state index contributed by atoms with van der Waals surface area (Å²) in [5.41, 5.74) is 3.92. The molecule has 2 atom stereocenters. The molecule has 1 aliphatic rings. The lowest BCUT2D eigenvalue weighted by Gasteiger charge is -2.25. The molecule has 0 fully saturated rings. The van der Waals surface area contributed by atoms with Gasteiger partial charge in [-0.3, -0.25) is 4.79 Å².